The number of ether oxygens (including phenoxy) is 4. The molecule has 0 aromatic rings. The number of aliphatic hydroxyl groups is 4. The number of carbonyl (C=O) groups is 2. The van der Waals surface area contributed by atoms with E-state index in [1.807, 2.05) is 0 Å². The fourth-order valence-corrected chi connectivity index (χ4v) is 7.01. The van der Waals surface area contributed by atoms with Crippen LogP contribution in [-0.4, -0.2) is 89.0 Å². The van der Waals surface area contributed by atoms with Gasteiger partial charge in [-0.2, -0.15) is 0 Å². The first-order valence-electron chi connectivity index (χ1n) is 22.8. The van der Waals surface area contributed by atoms with Crippen LogP contribution in [0.4, 0.5) is 0 Å². The molecule has 10 heteroatoms. The third-order valence-corrected chi connectivity index (χ3v) is 10.7. The van der Waals surface area contributed by atoms with Crippen molar-refractivity contribution in [1.29, 1.82) is 0 Å². The molecule has 1 aliphatic rings. The Morgan fingerprint density at radius 1 is 0.545 bits per heavy atom. The molecular weight excluding hydrogens is 700 g/mol. The van der Waals surface area contributed by atoms with E-state index in [4.69, 9.17) is 18.9 Å². The predicted octanol–water partition coefficient (Wildman–Crippen LogP) is 9.56. The number of unbranched alkanes of at least 4 members (excludes halogenated alkanes) is 25. The quantitative estimate of drug-likeness (QED) is 0.0271. The van der Waals surface area contributed by atoms with E-state index in [2.05, 4.69) is 26.0 Å². The summed E-state index contributed by atoms with van der Waals surface area (Å²) in [4.78, 5) is 25.3. The molecule has 10 nitrogen and oxygen atoms in total. The maximum atomic E-state index is 12.8. The third kappa shape index (κ3) is 28.5. The number of hydrogen-bond donors (Lipinski definition) is 4. The summed E-state index contributed by atoms with van der Waals surface area (Å²) in [6.45, 7) is 3.43. The largest absolute Gasteiger partial charge is 0.462 e. The van der Waals surface area contributed by atoms with E-state index in [1.54, 1.807) is 0 Å². The predicted molar refractivity (Wildman–Crippen MR) is 220 cm³/mol. The number of rotatable bonds is 38. The number of carbonyl (C=O) groups excluding carboxylic acids is 2. The van der Waals surface area contributed by atoms with Crippen molar-refractivity contribution in [2.75, 3.05) is 19.8 Å². The van der Waals surface area contributed by atoms with Crippen LogP contribution in [0.3, 0.4) is 0 Å². The van der Waals surface area contributed by atoms with Gasteiger partial charge in [0.15, 0.2) is 12.4 Å². The summed E-state index contributed by atoms with van der Waals surface area (Å²) in [7, 11) is 0. The second-order valence-corrected chi connectivity index (χ2v) is 15.9. The standard InChI is InChI=1S/C45H84O10/c1-3-5-7-9-11-13-15-17-19-21-23-25-27-29-31-33-40(47)52-36-38(37-53-45-44(51)43(50)42(49)39(35-46)55-45)54-41(48)34-32-30-28-26-24-22-20-18-16-14-12-10-8-6-4-2/h18,20,38-39,42-46,49-51H,3-17,19,21-37H2,1-2H3/b20-18-/t38-,39+,42+,43-,44+,45-/m0/s1. The lowest BCUT2D eigenvalue weighted by Crippen LogP contribution is -2.59. The van der Waals surface area contributed by atoms with E-state index in [0.29, 0.717) is 6.42 Å². The molecule has 6 atom stereocenters. The lowest BCUT2D eigenvalue weighted by atomic mass is 9.99. The molecule has 0 saturated carbocycles. The Morgan fingerprint density at radius 2 is 0.964 bits per heavy atom. The molecule has 1 fully saturated rings. The van der Waals surface area contributed by atoms with Crippen molar-refractivity contribution >= 4 is 11.9 Å². The van der Waals surface area contributed by atoms with Crippen LogP contribution in [0.1, 0.15) is 206 Å². The van der Waals surface area contributed by atoms with Crippen molar-refractivity contribution in [2.45, 2.75) is 243 Å². The number of hydrogen-bond acceptors (Lipinski definition) is 10. The maximum absolute atomic E-state index is 12.8. The van der Waals surface area contributed by atoms with Gasteiger partial charge in [0.2, 0.25) is 0 Å². The zero-order valence-electron chi connectivity index (χ0n) is 35.2. The van der Waals surface area contributed by atoms with E-state index in [0.717, 1.165) is 51.4 Å². The Morgan fingerprint density at radius 3 is 1.42 bits per heavy atom. The second-order valence-electron chi connectivity index (χ2n) is 15.9. The molecule has 1 aliphatic heterocycles. The molecule has 0 spiro atoms. The van der Waals surface area contributed by atoms with E-state index in [9.17, 15) is 30.0 Å². The van der Waals surface area contributed by atoms with Crippen LogP contribution in [-0.2, 0) is 28.5 Å². The van der Waals surface area contributed by atoms with Crippen LogP contribution in [0, 0.1) is 0 Å². The first kappa shape index (κ1) is 51.5. The Balaban J connectivity index is 2.32. The van der Waals surface area contributed by atoms with Crippen molar-refractivity contribution in [2.24, 2.45) is 0 Å². The van der Waals surface area contributed by atoms with Crippen LogP contribution in [0.2, 0.25) is 0 Å². The average molecular weight is 785 g/mol. The second kappa shape index (κ2) is 36.8. The Kier molecular flexibility index (Phi) is 34.4. The molecule has 0 amide bonds. The van der Waals surface area contributed by atoms with E-state index in [-0.39, 0.29) is 32.0 Å². The van der Waals surface area contributed by atoms with Crippen LogP contribution >= 0.6 is 0 Å². The van der Waals surface area contributed by atoms with Gasteiger partial charge >= 0.3 is 11.9 Å². The number of allylic oxidation sites excluding steroid dienone is 2. The summed E-state index contributed by atoms with van der Waals surface area (Å²) in [6, 6.07) is 0. The smallest absolute Gasteiger partial charge is 0.306 e. The molecule has 0 aromatic carbocycles. The zero-order valence-corrected chi connectivity index (χ0v) is 35.2. The van der Waals surface area contributed by atoms with Crippen molar-refractivity contribution in [1.82, 2.24) is 0 Å². The molecule has 4 N–H and O–H groups in total. The molecule has 324 valence electrons. The Hall–Kier alpha value is -1.56. The van der Waals surface area contributed by atoms with Crippen LogP contribution < -0.4 is 0 Å². The molecule has 1 heterocycles. The Bertz CT molecular complexity index is 912. The Labute approximate surface area is 335 Å². The van der Waals surface area contributed by atoms with E-state index in [1.165, 1.54) is 122 Å². The molecule has 0 bridgehead atoms. The number of aliphatic hydroxyl groups excluding tert-OH is 4. The normalized spacial score (nSPS) is 20.6. The maximum Gasteiger partial charge on any atom is 0.306 e. The summed E-state index contributed by atoms with van der Waals surface area (Å²) in [5.74, 6) is -0.806. The van der Waals surface area contributed by atoms with Crippen LogP contribution in [0.15, 0.2) is 12.2 Å². The fourth-order valence-electron chi connectivity index (χ4n) is 7.01. The van der Waals surface area contributed by atoms with Gasteiger partial charge in [0, 0.05) is 12.8 Å². The van der Waals surface area contributed by atoms with Gasteiger partial charge in [-0.15, -0.1) is 0 Å². The van der Waals surface area contributed by atoms with E-state index >= 15 is 0 Å². The minimum Gasteiger partial charge on any atom is -0.462 e. The molecule has 0 radical (unpaired) electrons. The van der Waals surface area contributed by atoms with Crippen LogP contribution in [0.5, 0.6) is 0 Å². The summed E-state index contributed by atoms with van der Waals surface area (Å²) in [6.07, 6.45) is 30.7. The van der Waals surface area contributed by atoms with Crippen molar-refractivity contribution in [3.63, 3.8) is 0 Å². The topological polar surface area (TPSA) is 152 Å². The molecule has 0 aromatic heterocycles. The monoisotopic (exact) mass is 785 g/mol. The van der Waals surface area contributed by atoms with Crippen LogP contribution in [0.25, 0.3) is 0 Å². The van der Waals surface area contributed by atoms with Gasteiger partial charge in [0.25, 0.3) is 0 Å². The van der Waals surface area contributed by atoms with Gasteiger partial charge in [-0.3, -0.25) is 9.59 Å². The summed E-state index contributed by atoms with van der Waals surface area (Å²) in [5, 5.41) is 40.1. The molecule has 0 aliphatic carbocycles. The van der Waals surface area contributed by atoms with Gasteiger partial charge in [-0.1, -0.05) is 167 Å². The minimum atomic E-state index is -1.59. The number of esters is 2. The fraction of sp³-hybridized carbons (Fsp3) is 0.911. The minimum absolute atomic E-state index is 0.215. The summed E-state index contributed by atoms with van der Waals surface area (Å²) < 4.78 is 22.2. The highest BCUT2D eigenvalue weighted by Crippen LogP contribution is 2.23. The first-order valence-corrected chi connectivity index (χ1v) is 22.8. The van der Waals surface area contributed by atoms with Crippen molar-refractivity contribution < 1.29 is 49.0 Å². The summed E-state index contributed by atoms with van der Waals surface area (Å²) >= 11 is 0. The van der Waals surface area contributed by atoms with Crippen molar-refractivity contribution in [3.05, 3.63) is 12.2 Å². The lowest BCUT2D eigenvalue weighted by molar-refractivity contribution is -0.305. The van der Waals surface area contributed by atoms with Gasteiger partial charge < -0.3 is 39.4 Å². The third-order valence-electron chi connectivity index (χ3n) is 10.7. The molecule has 1 rings (SSSR count). The highest BCUT2D eigenvalue weighted by Gasteiger charge is 2.44. The highest BCUT2D eigenvalue weighted by atomic mass is 16.7. The molecule has 55 heavy (non-hydrogen) atoms. The SMILES string of the molecule is CCCCCCCC/C=C\CCCCCCCC(=O)O[C@@H](COC(=O)CCCCCCCCCCCCCCCCC)CO[C@H]1O[C@H](CO)[C@@H](O)[C@H](O)[C@H]1O. The van der Waals surface area contributed by atoms with Gasteiger partial charge in [-0.25, -0.2) is 0 Å². The molecular formula is C45H84O10. The van der Waals surface area contributed by atoms with Gasteiger partial charge in [0.05, 0.1) is 13.2 Å². The summed E-state index contributed by atoms with van der Waals surface area (Å²) in [5.41, 5.74) is 0. The average Bonchev–Trinajstić information content (AvgIpc) is 3.18. The molecule has 1 saturated heterocycles. The first-order chi connectivity index (χ1) is 26.8. The van der Waals surface area contributed by atoms with Crippen molar-refractivity contribution in [3.8, 4) is 0 Å². The van der Waals surface area contributed by atoms with Gasteiger partial charge in [-0.05, 0) is 38.5 Å². The highest BCUT2D eigenvalue weighted by molar-refractivity contribution is 5.70. The van der Waals surface area contributed by atoms with E-state index < -0.39 is 49.4 Å². The van der Waals surface area contributed by atoms with Gasteiger partial charge in [0.1, 0.15) is 31.0 Å². The lowest BCUT2D eigenvalue weighted by Gasteiger charge is -2.39. The molecule has 0 unspecified atom stereocenters. The zero-order chi connectivity index (χ0) is 40.2.